The van der Waals surface area contributed by atoms with Gasteiger partial charge in [-0.05, 0) is 11.0 Å². The van der Waals surface area contributed by atoms with Crippen LogP contribution in [-0.2, 0) is 9.09 Å². The molecule has 0 N–H and O–H groups in total. The monoisotopic (exact) mass is 141 g/mol. The van der Waals surface area contributed by atoms with Gasteiger partial charge in [0.05, 0.1) is 0 Å². The van der Waals surface area contributed by atoms with Gasteiger partial charge in [0.15, 0.2) is 0 Å². The minimum absolute atomic E-state index is 0.485. The smallest absolute Gasteiger partial charge is 0.131 e. The number of hydrogen-bond acceptors (Lipinski definition) is 2. The molecule has 0 aliphatic carbocycles. The molecule has 7 heavy (non-hydrogen) atoms. The van der Waals surface area contributed by atoms with Crippen molar-refractivity contribution in [3.8, 4) is 0 Å². The van der Waals surface area contributed by atoms with E-state index in [1.807, 2.05) is 6.92 Å². The molecule has 0 aromatic heterocycles. The van der Waals surface area contributed by atoms with Crippen molar-refractivity contribution in [1.82, 2.24) is 0 Å². The van der Waals surface area contributed by atoms with Crippen LogP contribution >= 0.6 is 18.6 Å². The van der Waals surface area contributed by atoms with Gasteiger partial charge in [-0.15, -0.1) is 4.52 Å². The second-order valence-corrected chi connectivity index (χ2v) is 2.56. The first-order valence-electron chi connectivity index (χ1n) is 2.03. The van der Waals surface area contributed by atoms with Crippen molar-refractivity contribution in [3.63, 3.8) is 0 Å². The van der Waals surface area contributed by atoms with Crippen LogP contribution in [0.15, 0.2) is 0 Å². The fourth-order valence-electron chi connectivity index (χ4n) is 0.163. The minimum atomic E-state index is -1.88. The van der Waals surface area contributed by atoms with Gasteiger partial charge in [-0.3, -0.25) is 0 Å². The number of rotatable bonds is 3. The number of halogens is 1. The normalized spacial score (nSPS) is 11.4. The van der Waals surface area contributed by atoms with Crippen LogP contribution in [0.1, 0.15) is 13.3 Å². The third kappa shape index (κ3) is 6.35. The second-order valence-electron chi connectivity index (χ2n) is 1.05. The first-order chi connectivity index (χ1) is 3.27. The van der Waals surface area contributed by atoms with Gasteiger partial charge >= 0.3 is 7.38 Å². The van der Waals surface area contributed by atoms with Gasteiger partial charge in [0.2, 0.25) is 11.2 Å². The molecule has 0 aliphatic rings. The summed E-state index contributed by atoms with van der Waals surface area (Å²) in [6.07, 6.45) is 0.855. The molecule has 0 heterocycles. The molecule has 0 aromatic rings. The van der Waals surface area contributed by atoms with Gasteiger partial charge in [-0.1, -0.05) is 6.92 Å². The Hall–Kier alpha value is 0.350. The van der Waals surface area contributed by atoms with Gasteiger partial charge in [-0.2, -0.15) is 0 Å². The first-order valence-corrected chi connectivity index (χ1v) is 4.11. The zero-order valence-electron chi connectivity index (χ0n) is 4.06. The standard InChI is InChI=1S/C3H7ClO2P/c1-2-3-6-7(4)5/h2-3H2,1H3/q+1. The van der Waals surface area contributed by atoms with Gasteiger partial charge < -0.3 is 0 Å². The highest BCUT2D eigenvalue weighted by Crippen LogP contribution is 2.27. The fraction of sp³-hybridized carbons (Fsp3) is 1.00. The van der Waals surface area contributed by atoms with Crippen LogP contribution in [0.5, 0.6) is 0 Å². The van der Waals surface area contributed by atoms with E-state index in [1.165, 1.54) is 0 Å². The molecule has 0 spiro atoms. The molecular formula is C3H7ClO2P+. The third-order valence-electron chi connectivity index (χ3n) is 0.397. The molecule has 0 radical (unpaired) electrons. The lowest BCUT2D eigenvalue weighted by Crippen LogP contribution is -1.77. The quantitative estimate of drug-likeness (QED) is 0.564. The molecule has 0 amide bonds. The van der Waals surface area contributed by atoms with E-state index in [2.05, 4.69) is 4.52 Å². The van der Waals surface area contributed by atoms with E-state index in [4.69, 9.17) is 11.2 Å². The van der Waals surface area contributed by atoms with Crippen LogP contribution in [-0.4, -0.2) is 6.61 Å². The van der Waals surface area contributed by atoms with E-state index < -0.39 is 7.38 Å². The zero-order chi connectivity index (χ0) is 5.70. The molecule has 0 saturated carbocycles. The Bertz CT molecular complexity index is 66.0. The predicted octanol–water partition coefficient (Wildman–Crippen LogP) is 2.31. The highest BCUT2D eigenvalue weighted by Gasteiger charge is 2.09. The summed E-state index contributed by atoms with van der Waals surface area (Å²) in [5.74, 6) is 0. The molecule has 42 valence electrons. The predicted molar refractivity (Wildman–Crippen MR) is 29.7 cm³/mol. The SMILES string of the molecule is CCCO[P+](=O)Cl. The lowest BCUT2D eigenvalue weighted by atomic mass is 10.5. The van der Waals surface area contributed by atoms with Crippen molar-refractivity contribution in [2.75, 3.05) is 6.61 Å². The average Bonchev–Trinajstić information content (AvgIpc) is 1.61. The van der Waals surface area contributed by atoms with Gasteiger partial charge in [-0.25, -0.2) is 0 Å². The van der Waals surface area contributed by atoms with Crippen LogP contribution in [0.25, 0.3) is 0 Å². The Balaban J connectivity index is 2.82. The summed E-state index contributed by atoms with van der Waals surface area (Å²) in [4.78, 5) is 0. The molecule has 4 heteroatoms. The van der Waals surface area contributed by atoms with Crippen molar-refractivity contribution in [1.29, 1.82) is 0 Å². The Labute approximate surface area is 48.5 Å². The summed E-state index contributed by atoms with van der Waals surface area (Å²) in [6.45, 7) is 2.41. The van der Waals surface area contributed by atoms with Crippen molar-refractivity contribution < 1.29 is 9.09 Å². The van der Waals surface area contributed by atoms with Crippen LogP contribution in [0.4, 0.5) is 0 Å². The van der Waals surface area contributed by atoms with Gasteiger partial charge in [0, 0.05) is 0 Å². The molecule has 0 bridgehead atoms. The maximum Gasteiger partial charge on any atom is 0.633 e. The molecule has 0 aromatic carbocycles. The molecule has 1 atom stereocenters. The lowest BCUT2D eigenvalue weighted by Gasteiger charge is -1.76. The molecule has 0 saturated heterocycles. The maximum absolute atomic E-state index is 9.89. The summed E-state index contributed by atoms with van der Waals surface area (Å²) in [5, 5.41) is 0. The van der Waals surface area contributed by atoms with Crippen LogP contribution in [0.3, 0.4) is 0 Å². The largest absolute Gasteiger partial charge is 0.633 e. The molecule has 2 nitrogen and oxygen atoms in total. The van der Waals surface area contributed by atoms with Gasteiger partial charge in [0.25, 0.3) is 0 Å². The lowest BCUT2D eigenvalue weighted by molar-refractivity contribution is 0.338. The molecule has 0 fully saturated rings. The highest BCUT2D eigenvalue weighted by atomic mass is 35.7. The third-order valence-corrected chi connectivity index (χ3v) is 1.08. The Morgan fingerprint density at radius 2 is 2.43 bits per heavy atom. The maximum atomic E-state index is 9.89. The minimum Gasteiger partial charge on any atom is -0.131 e. The fourth-order valence-corrected chi connectivity index (χ4v) is 0.696. The van der Waals surface area contributed by atoms with Crippen molar-refractivity contribution in [2.45, 2.75) is 13.3 Å². The molecule has 1 unspecified atom stereocenters. The molecule has 0 rings (SSSR count). The van der Waals surface area contributed by atoms with Gasteiger partial charge in [0.1, 0.15) is 6.61 Å². The van der Waals surface area contributed by atoms with E-state index in [0.29, 0.717) is 6.61 Å². The summed E-state index contributed by atoms with van der Waals surface area (Å²) < 4.78 is 14.4. The number of hydrogen-bond donors (Lipinski definition) is 0. The van der Waals surface area contributed by atoms with Crippen molar-refractivity contribution >= 4 is 18.6 Å². The van der Waals surface area contributed by atoms with Crippen molar-refractivity contribution in [3.05, 3.63) is 0 Å². The topological polar surface area (TPSA) is 26.3 Å². The van der Waals surface area contributed by atoms with Crippen LogP contribution < -0.4 is 0 Å². The van der Waals surface area contributed by atoms with E-state index in [0.717, 1.165) is 6.42 Å². The summed E-state index contributed by atoms with van der Waals surface area (Å²) in [7, 11) is -1.88. The highest BCUT2D eigenvalue weighted by molar-refractivity contribution is 7.69. The Morgan fingerprint density at radius 3 is 2.57 bits per heavy atom. The second kappa shape index (κ2) is 4.51. The van der Waals surface area contributed by atoms with E-state index in [-0.39, 0.29) is 0 Å². The zero-order valence-corrected chi connectivity index (χ0v) is 5.71. The summed E-state index contributed by atoms with van der Waals surface area (Å²) in [5.41, 5.74) is 0. The molecular weight excluding hydrogens is 134 g/mol. The molecule has 0 aliphatic heterocycles. The summed E-state index contributed by atoms with van der Waals surface area (Å²) >= 11 is 4.94. The van der Waals surface area contributed by atoms with Crippen LogP contribution in [0, 0.1) is 0 Å². The Morgan fingerprint density at radius 1 is 1.86 bits per heavy atom. The van der Waals surface area contributed by atoms with E-state index in [9.17, 15) is 4.57 Å². The average molecular weight is 142 g/mol. The van der Waals surface area contributed by atoms with Crippen molar-refractivity contribution in [2.24, 2.45) is 0 Å². The summed E-state index contributed by atoms with van der Waals surface area (Å²) in [6, 6.07) is 0. The van der Waals surface area contributed by atoms with E-state index >= 15 is 0 Å². The van der Waals surface area contributed by atoms with Crippen LogP contribution in [0.2, 0.25) is 0 Å². The first kappa shape index (κ1) is 7.35. The Kier molecular flexibility index (Phi) is 4.73. The van der Waals surface area contributed by atoms with E-state index in [1.54, 1.807) is 0 Å².